The van der Waals surface area contributed by atoms with Crippen LogP contribution in [0.4, 0.5) is 0 Å². The third-order valence-corrected chi connectivity index (χ3v) is 3.14. The fourth-order valence-corrected chi connectivity index (χ4v) is 2.08. The molecule has 0 amide bonds. The highest BCUT2D eigenvalue weighted by atomic mass is 16.3. The predicted octanol–water partition coefficient (Wildman–Crippen LogP) is 4.01. The number of nitrogens with one attached hydrogen (secondary N) is 1. The molecule has 2 N–H and O–H groups in total. The van der Waals surface area contributed by atoms with Gasteiger partial charge < -0.3 is 10.4 Å². The van der Waals surface area contributed by atoms with E-state index in [0.717, 1.165) is 18.5 Å². The summed E-state index contributed by atoms with van der Waals surface area (Å²) in [6, 6.07) is 7.89. The minimum absolute atomic E-state index is 0.276. The van der Waals surface area contributed by atoms with Crippen LogP contribution in [0, 0.1) is 0 Å². The third kappa shape index (κ3) is 4.78. The first kappa shape index (κ1) is 14.0. The average molecular weight is 235 g/mol. The first-order valence-electron chi connectivity index (χ1n) is 6.80. The van der Waals surface area contributed by atoms with Crippen molar-refractivity contribution in [2.45, 2.75) is 52.0 Å². The Morgan fingerprint density at radius 2 is 1.88 bits per heavy atom. The van der Waals surface area contributed by atoms with E-state index in [2.05, 4.69) is 19.2 Å². The largest absolute Gasteiger partial charge is 0.508 e. The maximum Gasteiger partial charge on any atom is 0.120 e. The molecule has 0 saturated carbocycles. The fourth-order valence-electron chi connectivity index (χ4n) is 2.08. The Bertz CT molecular complexity index is 312. The van der Waals surface area contributed by atoms with Gasteiger partial charge in [-0.15, -0.1) is 0 Å². The van der Waals surface area contributed by atoms with Gasteiger partial charge in [0, 0.05) is 11.6 Å². The summed E-state index contributed by atoms with van der Waals surface area (Å²) in [6.45, 7) is 5.41. The van der Waals surface area contributed by atoms with Crippen molar-refractivity contribution in [3.8, 4) is 5.75 Å². The molecule has 17 heavy (non-hydrogen) atoms. The van der Waals surface area contributed by atoms with Crippen molar-refractivity contribution >= 4 is 0 Å². The number of phenolic OH excluding ortho intramolecular Hbond substituents is 1. The number of rotatable bonds is 8. The molecule has 0 aliphatic rings. The van der Waals surface area contributed by atoms with E-state index in [9.17, 15) is 5.11 Å². The molecule has 0 saturated heterocycles. The number of aromatic hydroxyl groups is 1. The predicted molar refractivity (Wildman–Crippen MR) is 73.3 cm³/mol. The molecule has 0 bridgehead atoms. The van der Waals surface area contributed by atoms with Crippen molar-refractivity contribution < 1.29 is 5.11 Å². The topological polar surface area (TPSA) is 32.3 Å². The lowest BCUT2D eigenvalue weighted by molar-refractivity contribution is 0.437. The van der Waals surface area contributed by atoms with Gasteiger partial charge in [0.25, 0.3) is 0 Å². The van der Waals surface area contributed by atoms with Crippen LogP contribution in [0.15, 0.2) is 24.3 Å². The number of hydrogen-bond acceptors (Lipinski definition) is 2. The SMILES string of the molecule is CCCCCCNC(CC)c1ccccc1O. The summed E-state index contributed by atoms with van der Waals surface area (Å²) in [7, 11) is 0. The molecule has 0 aliphatic carbocycles. The van der Waals surface area contributed by atoms with E-state index >= 15 is 0 Å². The Balaban J connectivity index is 2.41. The van der Waals surface area contributed by atoms with Crippen LogP contribution in [0.2, 0.25) is 0 Å². The van der Waals surface area contributed by atoms with Crippen LogP contribution in [-0.2, 0) is 0 Å². The molecule has 0 aliphatic heterocycles. The number of benzene rings is 1. The Labute approximate surface area is 105 Å². The minimum atomic E-state index is 0.276. The summed E-state index contributed by atoms with van der Waals surface area (Å²) in [4.78, 5) is 0. The van der Waals surface area contributed by atoms with Crippen molar-refractivity contribution in [3.05, 3.63) is 29.8 Å². The van der Waals surface area contributed by atoms with Crippen molar-refractivity contribution in [1.29, 1.82) is 0 Å². The monoisotopic (exact) mass is 235 g/mol. The molecule has 0 fully saturated rings. The van der Waals surface area contributed by atoms with E-state index in [1.165, 1.54) is 25.7 Å². The van der Waals surface area contributed by atoms with Crippen LogP contribution >= 0.6 is 0 Å². The molecule has 1 atom stereocenters. The molecule has 96 valence electrons. The maximum absolute atomic E-state index is 9.81. The summed E-state index contributed by atoms with van der Waals surface area (Å²) in [5.41, 5.74) is 1.02. The van der Waals surface area contributed by atoms with E-state index in [-0.39, 0.29) is 6.04 Å². The van der Waals surface area contributed by atoms with Crippen molar-refractivity contribution in [3.63, 3.8) is 0 Å². The fraction of sp³-hybridized carbons (Fsp3) is 0.600. The average Bonchev–Trinajstić information content (AvgIpc) is 2.35. The van der Waals surface area contributed by atoms with Gasteiger partial charge in [-0.1, -0.05) is 51.3 Å². The van der Waals surface area contributed by atoms with Gasteiger partial charge in [0.15, 0.2) is 0 Å². The van der Waals surface area contributed by atoms with Gasteiger partial charge in [-0.25, -0.2) is 0 Å². The van der Waals surface area contributed by atoms with Crippen molar-refractivity contribution in [2.24, 2.45) is 0 Å². The zero-order chi connectivity index (χ0) is 12.5. The first-order valence-corrected chi connectivity index (χ1v) is 6.80. The minimum Gasteiger partial charge on any atom is -0.508 e. The Hall–Kier alpha value is -1.02. The number of para-hydroxylation sites is 1. The smallest absolute Gasteiger partial charge is 0.120 e. The molecule has 2 nitrogen and oxygen atoms in total. The van der Waals surface area contributed by atoms with E-state index in [4.69, 9.17) is 0 Å². The second-order valence-corrected chi connectivity index (χ2v) is 4.53. The molecular weight excluding hydrogens is 210 g/mol. The van der Waals surface area contributed by atoms with Gasteiger partial charge in [-0.05, 0) is 25.5 Å². The van der Waals surface area contributed by atoms with Crippen molar-refractivity contribution in [2.75, 3.05) is 6.54 Å². The molecule has 2 heteroatoms. The van der Waals surface area contributed by atoms with Crippen LogP contribution in [0.1, 0.15) is 57.6 Å². The molecule has 0 spiro atoms. The summed E-state index contributed by atoms with van der Waals surface area (Å²) in [6.07, 6.45) is 6.11. The van der Waals surface area contributed by atoms with Gasteiger partial charge in [0.05, 0.1) is 0 Å². The van der Waals surface area contributed by atoms with Crippen LogP contribution in [0.3, 0.4) is 0 Å². The lowest BCUT2D eigenvalue weighted by Crippen LogP contribution is -2.21. The molecule has 0 heterocycles. The van der Waals surface area contributed by atoms with Crippen LogP contribution in [0.25, 0.3) is 0 Å². The van der Waals surface area contributed by atoms with Crippen LogP contribution in [-0.4, -0.2) is 11.7 Å². The highest BCUT2D eigenvalue weighted by Crippen LogP contribution is 2.25. The van der Waals surface area contributed by atoms with Crippen LogP contribution < -0.4 is 5.32 Å². The van der Waals surface area contributed by atoms with E-state index < -0.39 is 0 Å². The summed E-state index contributed by atoms with van der Waals surface area (Å²) >= 11 is 0. The molecule has 1 aromatic rings. The second kappa shape index (κ2) is 8.13. The molecular formula is C15H25NO. The van der Waals surface area contributed by atoms with Gasteiger partial charge in [-0.3, -0.25) is 0 Å². The maximum atomic E-state index is 9.81. The second-order valence-electron chi connectivity index (χ2n) is 4.53. The van der Waals surface area contributed by atoms with Gasteiger partial charge in [-0.2, -0.15) is 0 Å². The van der Waals surface area contributed by atoms with Gasteiger partial charge >= 0.3 is 0 Å². The first-order chi connectivity index (χ1) is 8.29. The molecule has 1 unspecified atom stereocenters. The summed E-state index contributed by atoms with van der Waals surface area (Å²) < 4.78 is 0. The van der Waals surface area contributed by atoms with E-state index in [1.54, 1.807) is 6.07 Å². The number of hydrogen-bond donors (Lipinski definition) is 2. The van der Waals surface area contributed by atoms with Crippen molar-refractivity contribution in [1.82, 2.24) is 5.32 Å². The van der Waals surface area contributed by atoms with E-state index in [0.29, 0.717) is 5.75 Å². The lowest BCUT2D eigenvalue weighted by atomic mass is 10.0. The standard InChI is InChI=1S/C15H25NO/c1-3-5-6-9-12-16-14(4-2)13-10-7-8-11-15(13)17/h7-8,10-11,14,16-17H,3-6,9,12H2,1-2H3. The zero-order valence-corrected chi connectivity index (χ0v) is 11.1. The highest BCUT2D eigenvalue weighted by molar-refractivity contribution is 5.34. The summed E-state index contributed by atoms with van der Waals surface area (Å²) in [5, 5.41) is 13.3. The van der Waals surface area contributed by atoms with Gasteiger partial charge in [0.1, 0.15) is 5.75 Å². The molecule has 0 aromatic heterocycles. The zero-order valence-electron chi connectivity index (χ0n) is 11.1. The molecule has 1 aromatic carbocycles. The lowest BCUT2D eigenvalue weighted by Gasteiger charge is -2.18. The Morgan fingerprint density at radius 3 is 2.53 bits per heavy atom. The molecule has 0 radical (unpaired) electrons. The van der Waals surface area contributed by atoms with Gasteiger partial charge in [0.2, 0.25) is 0 Å². The quantitative estimate of drug-likeness (QED) is 0.667. The normalized spacial score (nSPS) is 12.6. The molecule has 1 rings (SSSR count). The van der Waals surface area contributed by atoms with Crippen LogP contribution in [0.5, 0.6) is 5.75 Å². The number of phenols is 1. The Morgan fingerprint density at radius 1 is 1.12 bits per heavy atom. The third-order valence-electron chi connectivity index (χ3n) is 3.14. The highest BCUT2D eigenvalue weighted by Gasteiger charge is 2.11. The number of unbranched alkanes of at least 4 members (excludes halogenated alkanes) is 3. The Kier molecular flexibility index (Phi) is 6.71. The summed E-state index contributed by atoms with van der Waals surface area (Å²) in [5.74, 6) is 0.403. The van der Waals surface area contributed by atoms with E-state index in [1.807, 2.05) is 18.2 Å².